The maximum atomic E-state index is 5.40. The standard InChI is InChI=1S/C49H36N2/c1-32(34-16-5-3-6-17-34)30-45(35-18-7-4-8-19-35)50-33(2)36-28-29-47-44(31-36)49(41-24-12-9-20-37(41)38-21-10-13-25-42(38)49)43-26-15-23-40-39-22-11-14-27-46(39)51(47)48(40)43/h3,5-7,9-31H,1,4,8H2,2H3/b45-30-,50-33?. The molecule has 2 heterocycles. The SMILES string of the molecule is C=C(/C=C(\N=C(C)c1ccc2c(c1)C1(c3ccccc3-c3ccccc31)c1cccc3c4ccccc4n-2c13)C1=CCCC=C1)c1ccccc1. The van der Waals surface area contributed by atoms with E-state index in [0.29, 0.717) is 0 Å². The maximum absolute atomic E-state index is 5.40. The minimum absolute atomic E-state index is 0.488. The molecule has 6 aromatic carbocycles. The van der Waals surface area contributed by atoms with Crippen molar-refractivity contribution in [2.75, 3.05) is 0 Å². The van der Waals surface area contributed by atoms with Crippen LogP contribution >= 0.6 is 0 Å². The highest BCUT2D eigenvalue weighted by molar-refractivity contribution is 6.13. The molecule has 1 aromatic heterocycles. The van der Waals surface area contributed by atoms with E-state index in [1.54, 1.807) is 0 Å². The van der Waals surface area contributed by atoms with Crippen LogP contribution < -0.4 is 0 Å². The molecule has 242 valence electrons. The number of para-hydroxylation sites is 2. The number of benzene rings is 6. The van der Waals surface area contributed by atoms with Crippen molar-refractivity contribution in [3.8, 4) is 16.8 Å². The Morgan fingerprint density at radius 2 is 1.35 bits per heavy atom. The second kappa shape index (κ2) is 11.4. The normalized spacial score (nSPS) is 15.5. The van der Waals surface area contributed by atoms with Crippen LogP contribution in [0.5, 0.6) is 0 Å². The first-order valence-electron chi connectivity index (χ1n) is 17.9. The fourth-order valence-corrected chi connectivity index (χ4v) is 8.92. The Balaban J connectivity index is 1.25. The first-order valence-corrected chi connectivity index (χ1v) is 17.9. The summed E-state index contributed by atoms with van der Waals surface area (Å²) in [5.74, 6) is 0. The predicted molar refractivity (Wildman–Crippen MR) is 214 cm³/mol. The Kier molecular flexibility index (Phi) is 6.63. The number of fused-ring (bicyclic) bond motifs is 12. The lowest BCUT2D eigenvalue weighted by Crippen LogP contribution is -2.33. The lowest BCUT2D eigenvalue weighted by Gasteiger charge is -2.40. The highest BCUT2D eigenvalue weighted by Gasteiger charge is 2.50. The van der Waals surface area contributed by atoms with Crippen LogP contribution in [0.2, 0.25) is 0 Å². The molecule has 0 fully saturated rings. The van der Waals surface area contributed by atoms with Gasteiger partial charge < -0.3 is 4.57 Å². The smallest absolute Gasteiger partial charge is 0.0754 e. The van der Waals surface area contributed by atoms with Crippen molar-refractivity contribution in [2.45, 2.75) is 25.2 Å². The second-order valence-corrected chi connectivity index (χ2v) is 13.9. The van der Waals surface area contributed by atoms with E-state index >= 15 is 0 Å². The largest absolute Gasteiger partial charge is 0.309 e. The van der Waals surface area contributed by atoms with E-state index in [1.165, 1.54) is 60.9 Å². The number of aromatic nitrogens is 1. The number of hydrogen-bond acceptors (Lipinski definition) is 1. The van der Waals surface area contributed by atoms with Crippen molar-refractivity contribution in [3.05, 3.63) is 215 Å². The van der Waals surface area contributed by atoms with E-state index in [4.69, 9.17) is 4.99 Å². The van der Waals surface area contributed by atoms with Crippen LogP contribution in [0.4, 0.5) is 0 Å². The first kappa shape index (κ1) is 29.6. The third-order valence-electron chi connectivity index (χ3n) is 11.1. The molecule has 1 aliphatic heterocycles. The topological polar surface area (TPSA) is 17.3 Å². The zero-order valence-corrected chi connectivity index (χ0v) is 28.6. The summed E-state index contributed by atoms with van der Waals surface area (Å²) >= 11 is 0. The molecule has 0 radical (unpaired) electrons. The van der Waals surface area contributed by atoms with Gasteiger partial charge in [0.05, 0.1) is 27.8 Å². The molecule has 1 spiro atoms. The summed E-state index contributed by atoms with van der Waals surface area (Å²) in [5.41, 5.74) is 17.3. The van der Waals surface area contributed by atoms with Crippen LogP contribution in [0.3, 0.4) is 0 Å². The van der Waals surface area contributed by atoms with Crippen molar-refractivity contribution in [2.24, 2.45) is 4.99 Å². The summed E-state index contributed by atoms with van der Waals surface area (Å²) < 4.78 is 2.51. The minimum Gasteiger partial charge on any atom is -0.309 e. The fraction of sp³-hybridized carbons (Fsp3) is 0.0816. The van der Waals surface area contributed by atoms with Crippen LogP contribution in [-0.4, -0.2) is 10.3 Å². The quantitative estimate of drug-likeness (QED) is 0.130. The molecule has 2 nitrogen and oxygen atoms in total. The molecule has 0 bridgehead atoms. The summed E-state index contributed by atoms with van der Waals surface area (Å²) in [6.07, 6.45) is 11.0. The number of rotatable bonds is 5. The van der Waals surface area contributed by atoms with E-state index in [9.17, 15) is 0 Å². The van der Waals surface area contributed by atoms with Crippen LogP contribution in [0.15, 0.2) is 187 Å². The summed E-state index contributed by atoms with van der Waals surface area (Å²) in [6, 6.07) is 51.2. The zero-order valence-electron chi connectivity index (χ0n) is 28.6. The Morgan fingerprint density at radius 3 is 2.12 bits per heavy atom. The van der Waals surface area contributed by atoms with Gasteiger partial charge in [0.25, 0.3) is 0 Å². The molecule has 10 rings (SSSR count). The first-order chi connectivity index (χ1) is 25.1. The van der Waals surface area contributed by atoms with E-state index in [2.05, 4.69) is 176 Å². The van der Waals surface area contributed by atoms with Gasteiger partial charge in [0, 0.05) is 16.5 Å². The van der Waals surface area contributed by atoms with Crippen LogP contribution in [0.1, 0.15) is 53.1 Å². The van der Waals surface area contributed by atoms with Gasteiger partial charge in [-0.05, 0) is 99.7 Å². The predicted octanol–water partition coefficient (Wildman–Crippen LogP) is 12.1. The number of hydrogen-bond donors (Lipinski definition) is 0. The van der Waals surface area contributed by atoms with Crippen molar-refractivity contribution in [3.63, 3.8) is 0 Å². The summed E-state index contributed by atoms with van der Waals surface area (Å²) in [5, 5.41) is 2.57. The summed E-state index contributed by atoms with van der Waals surface area (Å²) in [6.45, 7) is 6.60. The molecular weight excluding hydrogens is 617 g/mol. The monoisotopic (exact) mass is 652 g/mol. The average molecular weight is 653 g/mol. The molecule has 0 unspecified atom stereocenters. The lowest BCUT2D eigenvalue weighted by molar-refractivity contribution is 0.748. The molecule has 0 saturated heterocycles. The Hall–Kier alpha value is -6.25. The van der Waals surface area contributed by atoms with Gasteiger partial charge in [0.15, 0.2) is 0 Å². The van der Waals surface area contributed by atoms with Gasteiger partial charge >= 0.3 is 0 Å². The van der Waals surface area contributed by atoms with E-state index in [0.717, 1.165) is 46.5 Å². The second-order valence-electron chi connectivity index (χ2n) is 13.9. The number of aliphatic imine (C=N–C) groups is 1. The van der Waals surface area contributed by atoms with Crippen molar-refractivity contribution in [1.82, 2.24) is 4.57 Å². The summed E-state index contributed by atoms with van der Waals surface area (Å²) in [4.78, 5) is 5.40. The van der Waals surface area contributed by atoms with Crippen LogP contribution in [0.25, 0.3) is 44.2 Å². The molecule has 0 saturated carbocycles. The van der Waals surface area contributed by atoms with Gasteiger partial charge in [-0.2, -0.15) is 0 Å². The van der Waals surface area contributed by atoms with Gasteiger partial charge in [-0.1, -0.05) is 146 Å². The molecule has 0 amide bonds. The van der Waals surface area contributed by atoms with E-state index in [-0.39, 0.29) is 0 Å². The number of allylic oxidation sites excluding steroid dienone is 5. The Morgan fingerprint density at radius 1 is 0.667 bits per heavy atom. The highest BCUT2D eigenvalue weighted by Crippen LogP contribution is 2.61. The summed E-state index contributed by atoms with van der Waals surface area (Å²) in [7, 11) is 0. The fourth-order valence-electron chi connectivity index (χ4n) is 8.92. The molecule has 3 aliphatic rings. The zero-order chi connectivity index (χ0) is 34.1. The van der Waals surface area contributed by atoms with Gasteiger partial charge in [0.1, 0.15) is 0 Å². The van der Waals surface area contributed by atoms with Gasteiger partial charge in [-0.3, -0.25) is 4.99 Å². The van der Waals surface area contributed by atoms with Gasteiger partial charge in [-0.25, -0.2) is 0 Å². The molecule has 0 N–H and O–H groups in total. The lowest BCUT2D eigenvalue weighted by atomic mass is 9.65. The van der Waals surface area contributed by atoms with Gasteiger partial charge in [-0.15, -0.1) is 0 Å². The number of nitrogens with zero attached hydrogens (tertiary/aromatic N) is 2. The molecule has 2 aliphatic carbocycles. The Labute approximate surface area is 298 Å². The van der Waals surface area contributed by atoms with Gasteiger partial charge in [0.2, 0.25) is 0 Å². The highest BCUT2D eigenvalue weighted by atomic mass is 15.0. The van der Waals surface area contributed by atoms with Crippen molar-refractivity contribution in [1.29, 1.82) is 0 Å². The molecule has 7 aromatic rings. The van der Waals surface area contributed by atoms with Crippen LogP contribution in [0, 0.1) is 0 Å². The molecular formula is C49H36N2. The van der Waals surface area contributed by atoms with Crippen molar-refractivity contribution >= 4 is 33.1 Å². The third kappa shape index (κ3) is 4.26. The molecule has 0 atom stereocenters. The molecule has 51 heavy (non-hydrogen) atoms. The Bertz CT molecular complexity index is 2670. The molecule has 2 heteroatoms. The minimum atomic E-state index is -0.488. The van der Waals surface area contributed by atoms with E-state index in [1.807, 2.05) is 6.07 Å². The average Bonchev–Trinajstić information content (AvgIpc) is 3.69. The van der Waals surface area contributed by atoms with Crippen molar-refractivity contribution < 1.29 is 0 Å². The maximum Gasteiger partial charge on any atom is 0.0754 e. The van der Waals surface area contributed by atoms with Crippen LogP contribution in [-0.2, 0) is 5.41 Å². The van der Waals surface area contributed by atoms with E-state index < -0.39 is 5.41 Å². The third-order valence-corrected chi connectivity index (χ3v) is 11.1.